The zero-order valence-corrected chi connectivity index (χ0v) is 16.6. The first kappa shape index (κ1) is 20.9. The van der Waals surface area contributed by atoms with Crippen LogP contribution < -0.4 is 21.1 Å². The highest BCUT2D eigenvalue weighted by Crippen LogP contribution is 2.29. The Labute approximate surface area is 172 Å². The van der Waals surface area contributed by atoms with Gasteiger partial charge in [-0.25, -0.2) is 4.79 Å². The summed E-state index contributed by atoms with van der Waals surface area (Å²) in [6, 6.07) is 9.09. The average Bonchev–Trinajstić information content (AvgIpc) is 2.69. The standard InChI is InChI=1S/C20H19BClNO6/c1-3-4-13-17(28-2)8-5-11-9-14(20(25)29-18(11)13)19(24)23-16-7-6-12(21(26)27)10-15(16)22/h5-10,26-27H,3-4H2,1-2H3,(H,23,24). The molecule has 7 nitrogen and oxygen atoms in total. The number of anilines is 1. The van der Waals surface area contributed by atoms with Gasteiger partial charge in [-0.15, -0.1) is 0 Å². The minimum atomic E-state index is -1.68. The molecular weight excluding hydrogens is 396 g/mol. The molecule has 3 N–H and O–H groups in total. The predicted molar refractivity (Wildman–Crippen MR) is 112 cm³/mol. The van der Waals surface area contributed by atoms with Crippen molar-refractivity contribution in [3.63, 3.8) is 0 Å². The van der Waals surface area contributed by atoms with Gasteiger partial charge in [-0.3, -0.25) is 4.79 Å². The summed E-state index contributed by atoms with van der Waals surface area (Å²) in [5.74, 6) is -0.0645. The van der Waals surface area contributed by atoms with Crippen molar-refractivity contribution in [2.24, 2.45) is 0 Å². The van der Waals surface area contributed by atoms with Gasteiger partial charge in [-0.05, 0) is 42.2 Å². The summed E-state index contributed by atoms with van der Waals surface area (Å²) in [4.78, 5) is 25.1. The van der Waals surface area contributed by atoms with Crippen LogP contribution in [0, 0.1) is 0 Å². The molecule has 0 aliphatic rings. The van der Waals surface area contributed by atoms with Crippen LogP contribution in [-0.2, 0) is 6.42 Å². The number of methoxy groups -OCH3 is 1. The molecule has 0 bridgehead atoms. The molecule has 0 spiro atoms. The molecule has 0 unspecified atom stereocenters. The maximum atomic E-state index is 12.6. The van der Waals surface area contributed by atoms with Crippen LogP contribution >= 0.6 is 11.6 Å². The SMILES string of the molecule is CCCc1c(OC)ccc2cc(C(=O)Nc3ccc(B(O)O)cc3Cl)c(=O)oc12. The van der Waals surface area contributed by atoms with Gasteiger partial charge >= 0.3 is 12.7 Å². The van der Waals surface area contributed by atoms with Crippen LogP contribution in [0.4, 0.5) is 5.69 Å². The molecule has 1 heterocycles. The summed E-state index contributed by atoms with van der Waals surface area (Å²) in [7, 11) is -0.135. The van der Waals surface area contributed by atoms with Gasteiger partial charge in [0.05, 0.1) is 17.8 Å². The zero-order valence-electron chi connectivity index (χ0n) is 15.9. The second-order valence-electron chi connectivity index (χ2n) is 6.43. The Bertz CT molecular complexity index is 1130. The monoisotopic (exact) mass is 415 g/mol. The molecule has 3 aromatic rings. The minimum Gasteiger partial charge on any atom is -0.496 e. The molecule has 2 aromatic carbocycles. The van der Waals surface area contributed by atoms with E-state index in [1.807, 2.05) is 6.92 Å². The van der Waals surface area contributed by atoms with Crippen molar-refractivity contribution in [3.05, 3.63) is 63.0 Å². The van der Waals surface area contributed by atoms with E-state index in [0.717, 1.165) is 12.0 Å². The Balaban J connectivity index is 1.98. The van der Waals surface area contributed by atoms with Crippen molar-refractivity contribution in [2.75, 3.05) is 12.4 Å². The molecule has 29 heavy (non-hydrogen) atoms. The van der Waals surface area contributed by atoms with E-state index in [0.29, 0.717) is 23.1 Å². The first-order valence-electron chi connectivity index (χ1n) is 8.96. The Morgan fingerprint density at radius 1 is 1.24 bits per heavy atom. The second kappa shape index (κ2) is 8.69. The third-order valence-electron chi connectivity index (χ3n) is 4.47. The lowest BCUT2D eigenvalue weighted by molar-refractivity contribution is 0.102. The average molecular weight is 416 g/mol. The fourth-order valence-corrected chi connectivity index (χ4v) is 3.28. The fraction of sp³-hybridized carbons (Fsp3) is 0.200. The van der Waals surface area contributed by atoms with E-state index in [2.05, 4.69) is 5.32 Å². The van der Waals surface area contributed by atoms with E-state index in [-0.39, 0.29) is 21.7 Å². The van der Waals surface area contributed by atoms with Crippen LogP contribution in [0.3, 0.4) is 0 Å². The van der Waals surface area contributed by atoms with Crippen LogP contribution in [0.25, 0.3) is 11.0 Å². The highest BCUT2D eigenvalue weighted by molar-refractivity contribution is 6.59. The van der Waals surface area contributed by atoms with Crippen LogP contribution in [-0.4, -0.2) is 30.2 Å². The highest BCUT2D eigenvalue weighted by atomic mass is 35.5. The van der Waals surface area contributed by atoms with Crippen LogP contribution in [0.5, 0.6) is 5.75 Å². The first-order chi connectivity index (χ1) is 13.8. The fourth-order valence-electron chi connectivity index (χ4n) is 3.04. The zero-order chi connectivity index (χ0) is 21.1. The predicted octanol–water partition coefficient (Wildman–Crippen LogP) is 2.34. The molecule has 3 rings (SSSR count). The number of benzene rings is 2. The van der Waals surface area contributed by atoms with Gasteiger partial charge in [0, 0.05) is 10.9 Å². The smallest absolute Gasteiger partial charge is 0.488 e. The number of hydrogen-bond donors (Lipinski definition) is 3. The number of ether oxygens (including phenoxy) is 1. The van der Waals surface area contributed by atoms with Crippen molar-refractivity contribution < 1.29 is 24.0 Å². The molecule has 1 amide bonds. The second-order valence-corrected chi connectivity index (χ2v) is 6.84. The number of carbonyl (C=O) groups excluding carboxylic acids is 1. The number of fused-ring (bicyclic) bond motifs is 1. The quantitative estimate of drug-likeness (QED) is 0.421. The Morgan fingerprint density at radius 3 is 2.62 bits per heavy atom. The van der Waals surface area contributed by atoms with Crippen LogP contribution in [0.2, 0.25) is 5.02 Å². The van der Waals surface area contributed by atoms with Gasteiger partial charge in [0.15, 0.2) is 0 Å². The van der Waals surface area contributed by atoms with Crippen molar-refractivity contribution in [3.8, 4) is 5.75 Å². The molecule has 9 heteroatoms. The van der Waals surface area contributed by atoms with Crippen molar-refractivity contribution in [1.29, 1.82) is 0 Å². The third kappa shape index (κ3) is 4.29. The molecule has 150 valence electrons. The van der Waals surface area contributed by atoms with E-state index in [1.54, 1.807) is 19.2 Å². The molecule has 0 aliphatic carbocycles. The van der Waals surface area contributed by atoms with Crippen LogP contribution in [0.15, 0.2) is 45.6 Å². The number of hydrogen-bond acceptors (Lipinski definition) is 6. The Kier molecular flexibility index (Phi) is 6.27. The van der Waals surface area contributed by atoms with E-state index < -0.39 is 18.7 Å². The van der Waals surface area contributed by atoms with Gasteiger partial charge in [-0.2, -0.15) is 0 Å². The summed E-state index contributed by atoms with van der Waals surface area (Å²) in [5.41, 5.74) is 0.619. The molecule has 1 aromatic heterocycles. The summed E-state index contributed by atoms with van der Waals surface area (Å²) < 4.78 is 10.8. The number of carbonyl (C=O) groups is 1. The molecule has 0 fully saturated rings. The summed E-state index contributed by atoms with van der Waals surface area (Å²) in [6.07, 6.45) is 1.49. The van der Waals surface area contributed by atoms with Gasteiger partial charge in [0.1, 0.15) is 16.9 Å². The summed E-state index contributed by atoms with van der Waals surface area (Å²) in [5, 5.41) is 21.6. The first-order valence-corrected chi connectivity index (χ1v) is 9.34. The maximum absolute atomic E-state index is 12.6. The largest absolute Gasteiger partial charge is 0.496 e. The summed E-state index contributed by atoms with van der Waals surface area (Å²) in [6.45, 7) is 2.00. The Morgan fingerprint density at radius 2 is 2.00 bits per heavy atom. The number of rotatable bonds is 6. The summed E-state index contributed by atoms with van der Waals surface area (Å²) >= 11 is 6.08. The normalized spacial score (nSPS) is 10.8. The molecule has 0 aliphatic heterocycles. The minimum absolute atomic E-state index is 0.101. The van der Waals surface area contributed by atoms with Gasteiger partial charge < -0.3 is 24.5 Å². The van der Waals surface area contributed by atoms with Gasteiger partial charge in [0.2, 0.25) is 0 Å². The molecule has 0 saturated heterocycles. The number of amides is 1. The molecule has 0 atom stereocenters. The highest BCUT2D eigenvalue weighted by Gasteiger charge is 2.19. The van der Waals surface area contributed by atoms with Crippen molar-refractivity contribution in [2.45, 2.75) is 19.8 Å². The van der Waals surface area contributed by atoms with Crippen LogP contribution in [0.1, 0.15) is 29.3 Å². The molecule has 0 radical (unpaired) electrons. The number of nitrogens with one attached hydrogen (secondary N) is 1. The van der Waals surface area contributed by atoms with Gasteiger partial charge in [0.25, 0.3) is 5.91 Å². The van der Waals surface area contributed by atoms with E-state index >= 15 is 0 Å². The lowest BCUT2D eigenvalue weighted by atomic mass is 9.80. The van der Waals surface area contributed by atoms with Crippen molar-refractivity contribution >= 4 is 46.7 Å². The maximum Gasteiger partial charge on any atom is 0.488 e. The lowest BCUT2D eigenvalue weighted by Gasteiger charge is -2.11. The number of halogens is 1. The third-order valence-corrected chi connectivity index (χ3v) is 4.78. The topological polar surface area (TPSA) is 109 Å². The van der Waals surface area contributed by atoms with E-state index in [9.17, 15) is 19.6 Å². The van der Waals surface area contributed by atoms with Gasteiger partial charge in [-0.1, -0.05) is 31.0 Å². The van der Waals surface area contributed by atoms with Crippen molar-refractivity contribution in [1.82, 2.24) is 0 Å². The number of aryl methyl sites for hydroxylation is 1. The lowest BCUT2D eigenvalue weighted by Crippen LogP contribution is -2.30. The van der Waals surface area contributed by atoms with E-state index in [1.165, 1.54) is 24.3 Å². The molecular formula is C20H19BClNO6. The van der Waals surface area contributed by atoms with E-state index in [4.69, 9.17) is 20.8 Å². The Hall–Kier alpha value is -2.81. The molecule has 0 saturated carbocycles.